The SMILES string of the molecule is Nc1ccc(Oc2ccc(C(=O)O)c(C(=O)O)c2)c(NC(=O)c2cccc([N+](=O)[O-])c2)c1. The Labute approximate surface area is 179 Å². The maximum atomic E-state index is 12.6. The quantitative estimate of drug-likeness (QED) is 0.244. The van der Waals surface area contributed by atoms with Gasteiger partial charge < -0.3 is 26.0 Å². The highest BCUT2D eigenvalue weighted by Crippen LogP contribution is 2.33. The van der Waals surface area contributed by atoms with Crippen molar-refractivity contribution < 1.29 is 34.3 Å². The van der Waals surface area contributed by atoms with Crippen molar-refractivity contribution in [2.45, 2.75) is 0 Å². The molecule has 0 saturated carbocycles. The number of aromatic carboxylic acids is 2. The molecule has 0 aliphatic carbocycles. The van der Waals surface area contributed by atoms with Gasteiger partial charge in [-0.25, -0.2) is 9.59 Å². The van der Waals surface area contributed by atoms with Crippen LogP contribution in [0, 0.1) is 10.1 Å². The van der Waals surface area contributed by atoms with Crippen molar-refractivity contribution in [2.24, 2.45) is 0 Å². The summed E-state index contributed by atoms with van der Waals surface area (Å²) < 4.78 is 5.65. The van der Waals surface area contributed by atoms with Crippen LogP contribution in [0.15, 0.2) is 60.7 Å². The predicted octanol–water partition coefficient (Wildman–Crippen LogP) is 3.62. The van der Waals surface area contributed by atoms with Crippen molar-refractivity contribution in [3.8, 4) is 11.5 Å². The van der Waals surface area contributed by atoms with E-state index in [-0.39, 0.29) is 34.1 Å². The number of non-ortho nitro benzene ring substituents is 1. The molecule has 0 aliphatic rings. The van der Waals surface area contributed by atoms with Crippen LogP contribution in [-0.4, -0.2) is 33.0 Å². The summed E-state index contributed by atoms with van der Waals surface area (Å²) in [5, 5.41) is 31.9. The third kappa shape index (κ3) is 4.79. The Hall–Kier alpha value is -4.93. The van der Waals surface area contributed by atoms with Gasteiger partial charge in [0.15, 0.2) is 5.75 Å². The first-order valence-electron chi connectivity index (χ1n) is 8.89. The van der Waals surface area contributed by atoms with Crippen LogP contribution in [0.4, 0.5) is 17.1 Å². The maximum absolute atomic E-state index is 12.6. The Kier molecular flexibility index (Phi) is 6.01. The smallest absolute Gasteiger partial charge is 0.336 e. The van der Waals surface area contributed by atoms with E-state index in [2.05, 4.69) is 5.32 Å². The monoisotopic (exact) mass is 437 g/mol. The first kappa shape index (κ1) is 21.8. The molecule has 0 aliphatic heterocycles. The van der Waals surface area contributed by atoms with E-state index in [4.69, 9.17) is 15.6 Å². The lowest BCUT2D eigenvalue weighted by atomic mass is 10.1. The van der Waals surface area contributed by atoms with Crippen molar-refractivity contribution >= 4 is 34.9 Å². The summed E-state index contributed by atoms with van der Waals surface area (Å²) in [5.74, 6) is -3.45. The second kappa shape index (κ2) is 8.83. The lowest BCUT2D eigenvalue weighted by molar-refractivity contribution is -0.384. The lowest BCUT2D eigenvalue weighted by Crippen LogP contribution is -2.13. The number of rotatable bonds is 7. The minimum atomic E-state index is -1.45. The number of carbonyl (C=O) groups is 3. The minimum absolute atomic E-state index is 0.00280. The number of carboxylic acid groups (broad SMARTS) is 2. The molecule has 3 aromatic carbocycles. The van der Waals surface area contributed by atoms with E-state index in [1.165, 1.54) is 42.5 Å². The second-order valence-electron chi connectivity index (χ2n) is 6.44. The molecule has 3 rings (SSSR count). The molecule has 0 saturated heterocycles. The normalized spacial score (nSPS) is 10.2. The van der Waals surface area contributed by atoms with Crippen molar-refractivity contribution in [3.63, 3.8) is 0 Å². The van der Waals surface area contributed by atoms with Crippen LogP contribution in [0.3, 0.4) is 0 Å². The molecule has 0 radical (unpaired) electrons. The van der Waals surface area contributed by atoms with Crippen molar-refractivity contribution in [1.29, 1.82) is 0 Å². The van der Waals surface area contributed by atoms with Crippen LogP contribution < -0.4 is 15.8 Å². The standard InChI is InChI=1S/C21H15N3O8/c22-12-4-7-18(32-14-5-6-15(20(26)27)16(10-14)21(28)29)17(9-12)23-19(25)11-2-1-3-13(8-11)24(30)31/h1-10H,22H2,(H,23,25)(H,26,27)(H,28,29). The molecule has 0 fully saturated rings. The molecule has 162 valence electrons. The van der Waals surface area contributed by atoms with E-state index in [1.807, 2.05) is 0 Å². The third-order valence-electron chi connectivity index (χ3n) is 4.25. The number of anilines is 2. The van der Waals surface area contributed by atoms with E-state index >= 15 is 0 Å². The van der Waals surface area contributed by atoms with E-state index < -0.39 is 33.9 Å². The average molecular weight is 437 g/mol. The minimum Gasteiger partial charge on any atom is -0.478 e. The Bertz CT molecular complexity index is 1260. The molecule has 5 N–H and O–H groups in total. The Balaban J connectivity index is 1.92. The summed E-state index contributed by atoms with van der Waals surface area (Å²) in [6, 6.07) is 12.8. The van der Waals surface area contributed by atoms with Gasteiger partial charge in [-0.3, -0.25) is 14.9 Å². The van der Waals surface area contributed by atoms with Gasteiger partial charge in [-0.2, -0.15) is 0 Å². The number of nitro benzene ring substituents is 1. The van der Waals surface area contributed by atoms with E-state index in [0.29, 0.717) is 0 Å². The van der Waals surface area contributed by atoms with Crippen molar-refractivity contribution in [1.82, 2.24) is 0 Å². The topological polar surface area (TPSA) is 182 Å². The largest absolute Gasteiger partial charge is 0.478 e. The highest BCUT2D eigenvalue weighted by atomic mass is 16.6. The zero-order chi connectivity index (χ0) is 23.4. The van der Waals surface area contributed by atoms with E-state index in [9.17, 15) is 29.6 Å². The van der Waals surface area contributed by atoms with Gasteiger partial charge in [0, 0.05) is 23.4 Å². The molecule has 0 atom stereocenters. The molecular formula is C21H15N3O8. The molecule has 3 aromatic rings. The number of nitrogens with one attached hydrogen (secondary N) is 1. The number of ether oxygens (including phenoxy) is 1. The molecule has 0 aromatic heterocycles. The first-order chi connectivity index (χ1) is 15.2. The number of carbonyl (C=O) groups excluding carboxylic acids is 1. The zero-order valence-electron chi connectivity index (χ0n) is 16.1. The number of nitro groups is 1. The molecule has 0 bridgehead atoms. The molecule has 11 heteroatoms. The number of nitrogens with two attached hydrogens (primary N) is 1. The van der Waals surface area contributed by atoms with Gasteiger partial charge in [0.2, 0.25) is 0 Å². The Morgan fingerprint density at radius 1 is 0.938 bits per heavy atom. The fraction of sp³-hybridized carbons (Fsp3) is 0. The van der Waals surface area contributed by atoms with E-state index in [0.717, 1.165) is 18.2 Å². The van der Waals surface area contributed by atoms with Gasteiger partial charge >= 0.3 is 11.9 Å². The predicted molar refractivity (Wildman–Crippen MR) is 112 cm³/mol. The summed E-state index contributed by atoms with van der Waals surface area (Å²) >= 11 is 0. The maximum Gasteiger partial charge on any atom is 0.336 e. The van der Waals surface area contributed by atoms with Gasteiger partial charge in [-0.05, 0) is 42.5 Å². The number of nitrogens with zero attached hydrogens (tertiary/aromatic N) is 1. The molecule has 1 amide bonds. The van der Waals surface area contributed by atoms with Gasteiger partial charge in [0.05, 0.1) is 21.7 Å². The average Bonchev–Trinajstić information content (AvgIpc) is 2.75. The molecular weight excluding hydrogens is 422 g/mol. The van der Waals surface area contributed by atoms with Crippen LogP contribution in [-0.2, 0) is 0 Å². The number of carboxylic acids is 2. The number of amides is 1. The lowest BCUT2D eigenvalue weighted by Gasteiger charge is -2.14. The van der Waals surface area contributed by atoms with Crippen LogP contribution in [0.1, 0.15) is 31.1 Å². The van der Waals surface area contributed by atoms with Crippen LogP contribution in [0.5, 0.6) is 11.5 Å². The van der Waals surface area contributed by atoms with Crippen LogP contribution in [0.25, 0.3) is 0 Å². The number of nitrogen functional groups attached to an aromatic ring is 1. The summed E-state index contributed by atoms with van der Waals surface area (Å²) in [7, 11) is 0. The van der Waals surface area contributed by atoms with Crippen molar-refractivity contribution in [3.05, 3.63) is 87.5 Å². The fourth-order valence-electron chi connectivity index (χ4n) is 2.77. The number of hydrogen-bond donors (Lipinski definition) is 4. The highest BCUT2D eigenvalue weighted by Gasteiger charge is 2.18. The third-order valence-corrected chi connectivity index (χ3v) is 4.25. The van der Waals surface area contributed by atoms with Gasteiger partial charge in [0.1, 0.15) is 5.75 Å². The molecule has 32 heavy (non-hydrogen) atoms. The first-order valence-corrected chi connectivity index (χ1v) is 8.89. The number of benzene rings is 3. The summed E-state index contributed by atoms with van der Waals surface area (Å²) in [6.07, 6.45) is 0. The molecule has 0 spiro atoms. The van der Waals surface area contributed by atoms with E-state index in [1.54, 1.807) is 0 Å². The van der Waals surface area contributed by atoms with Gasteiger partial charge in [-0.1, -0.05) is 6.07 Å². The van der Waals surface area contributed by atoms with Crippen molar-refractivity contribution in [2.75, 3.05) is 11.1 Å². The zero-order valence-corrected chi connectivity index (χ0v) is 16.1. The summed E-state index contributed by atoms with van der Waals surface area (Å²) in [4.78, 5) is 45.5. The summed E-state index contributed by atoms with van der Waals surface area (Å²) in [6.45, 7) is 0. The molecule has 0 heterocycles. The fourth-order valence-corrected chi connectivity index (χ4v) is 2.77. The summed E-state index contributed by atoms with van der Waals surface area (Å²) in [5.41, 5.74) is 5.03. The second-order valence-corrected chi connectivity index (χ2v) is 6.44. The van der Waals surface area contributed by atoms with Crippen LogP contribution >= 0.6 is 0 Å². The molecule has 0 unspecified atom stereocenters. The molecule has 11 nitrogen and oxygen atoms in total. The van der Waals surface area contributed by atoms with Gasteiger partial charge in [-0.15, -0.1) is 0 Å². The van der Waals surface area contributed by atoms with Gasteiger partial charge in [0.25, 0.3) is 11.6 Å². The Morgan fingerprint density at radius 3 is 2.31 bits per heavy atom. The number of hydrogen-bond acceptors (Lipinski definition) is 7. The van der Waals surface area contributed by atoms with Crippen LogP contribution in [0.2, 0.25) is 0 Å². The highest BCUT2D eigenvalue weighted by molar-refractivity contribution is 6.05. The Morgan fingerprint density at radius 2 is 1.66 bits per heavy atom.